The molecule has 1 aromatic heterocycles. The molecule has 2 heterocycles. The van der Waals surface area contributed by atoms with Gasteiger partial charge in [0, 0.05) is 12.3 Å². The Morgan fingerprint density at radius 3 is 2.42 bits per heavy atom. The molecule has 0 atom stereocenters. The summed E-state index contributed by atoms with van der Waals surface area (Å²) in [6.45, 7) is 0.211. The highest BCUT2D eigenvalue weighted by atomic mass is 32.2. The Kier molecular flexibility index (Phi) is 5.00. The zero-order valence-corrected chi connectivity index (χ0v) is 13.7. The minimum atomic E-state index is -0.419. The molecule has 2 aromatic rings. The van der Waals surface area contributed by atoms with Crippen molar-refractivity contribution in [2.24, 2.45) is 0 Å². The van der Waals surface area contributed by atoms with E-state index in [0.29, 0.717) is 23.4 Å². The normalized spacial score (nSPS) is 13.2. The number of carbonyl (C=O) groups is 3. The Labute approximate surface area is 143 Å². The molecule has 0 unspecified atom stereocenters. The van der Waals surface area contributed by atoms with E-state index >= 15 is 0 Å². The molecule has 0 aliphatic carbocycles. The van der Waals surface area contributed by atoms with Crippen LogP contribution in [0.15, 0.2) is 47.1 Å². The smallest absolute Gasteiger partial charge is 0.262 e. The third-order valence-electron chi connectivity index (χ3n) is 3.57. The molecule has 0 bridgehead atoms. The quantitative estimate of drug-likeness (QED) is 0.613. The fourth-order valence-electron chi connectivity index (χ4n) is 2.41. The Morgan fingerprint density at radius 2 is 1.79 bits per heavy atom. The summed E-state index contributed by atoms with van der Waals surface area (Å²) in [5.74, 6) is 1.16. The van der Waals surface area contributed by atoms with Crippen molar-refractivity contribution in [3.8, 4) is 0 Å². The molecule has 24 heavy (non-hydrogen) atoms. The third kappa shape index (κ3) is 3.51. The van der Waals surface area contributed by atoms with Gasteiger partial charge in [-0.05, 0) is 24.3 Å². The first-order chi connectivity index (χ1) is 11.7. The van der Waals surface area contributed by atoms with Gasteiger partial charge < -0.3 is 9.73 Å². The van der Waals surface area contributed by atoms with Gasteiger partial charge >= 0.3 is 0 Å². The number of nitrogens with zero attached hydrogens (tertiary/aromatic N) is 1. The van der Waals surface area contributed by atoms with Crippen LogP contribution in [0.25, 0.3) is 0 Å². The number of hydrogen-bond donors (Lipinski definition) is 1. The number of carbonyl (C=O) groups excluding carboxylic acids is 3. The molecule has 124 valence electrons. The summed E-state index contributed by atoms with van der Waals surface area (Å²) in [4.78, 5) is 37.3. The van der Waals surface area contributed by atoms with Crippen molar-refractivity contribution >= 4 is 29.5 Å². The number of fused-ring (bicyclic) bond motifs is 1. The van der Waals surface area contributed by atoms with Crippen LogP contribution >= 0.6 is 11.8 Å². The second-order valence-corrected chi connectivity index (χ2v) is 6.33. The van der Waals surface area contributed by atoms with Gasteiger partial charge in [-0.2, -0.15) is 11.8 Å². The Morgan fingerprint density at radius 1 is 1.08 bits per heavy atom. The van der Waals surface area contributed by atoms with Crippen LogP contribution in [-0.4, -0.2) is 41.5 Å². The molecule has 1 N–H and O–H groups in total. The number of imide groups is 1. The highest BCUT2D eigenvalue weighted by molar-refractivity contribution is 7.98. The van der Waals surface area contributed by atoms with Crippen LogP contribution in [0.1, 0.15) is 26.5 Å². The summed E-state index contributed by atoms with van der Waals surface area (Å²) in [5.41, 5.74) is 0.702. The van der Waals surface area contributed by atoms with E-state index < -0.39 is 11.8 Å². The van der Waals surface area contributed by atoms with E-state index in [0.717, 1.165) is 16.4 Å². The number of rotatable bonds is 7. The number of nitrogens with one attached hydrogen (secondary N) is 1. The van der Waals surface area contributed by atoms with E-state index in [4.69, 9.17) is 4.42 Å². The van der Waals surface area contributed by atoms with Crippen molar-refractivity contribution in [1.29, 1.82) is 0 Å². The molecule has 3 rings (SSSR count). The molecule has 0 spiro atoms. The molecule has 0 saturated heterocycles. The molecular weight excluding hydrogens is 328 g/mol. The standard InChI is InChI=1S/C17H16N2O4S/c20-15(18-7-9-24-11-12-4-3-8-23-12)10-19-16(21)13-5-1-2-6-14(13)17(19)22/h1-6,8H,7,9-11H2,(H,18,20). The largest absolute Gasteiger partial charge is 0.468 e. The average molecular weight is 344 g/mol. The van der Waals surface area contributed by atoms with Crippen LogP contribution in [0.2, 0.25) is 0 Å². The predicted octanol–water partition coefficient (Wildman–Crippen LogP) is 1.93. The molecule has 0 saturated carbocycles. The van der Waals surface area contributed by atoms with Gasteiger partial charge in [-0.3, -0.25) is 19.3 Å². The molecule has 3 amide bonds. The fourth-order valence-corrected chi connectivity index (χ4v) is 3.17. The van der Waals surface area contributed by atoms with Crippen molar-refractivity contribution in [3.05, 3.63) is 59.5 Å². The van der Waals surface area contributed by atoms with Crippen molar-refractivity contribution < 1.29 is 18.8 Å². The zero-order valence-electron chi connectivity index (χ0n) is 12.9. The Hall–Kier alpha value is -2.54. The summed E-state index contributed by atoms with van der Waals surface area (Å²) < 4.78 is 5.21. The molecular formula is C17H16N2O4S. The van der Waals surface area contributed by atoms with Crippen LogP contribution in [0.5, 0.6) is 0 Å². The van der Waals surface area contributed by atoms with Crippen molar-refractivity contribution in [2.75, 3.05) is 18.8 Å². The average Bonchev–Trinajstić information content (AvgIpc) is 3.18. The number of benzene rings is 1. The van der Waals surface area contributed by atoms with Crippen LogP contribution in [-0.2, 0) is 10.5 Å². The summed E-state index contributed by atoms with van der Waals surface area (Å²) in [6.07, 6.45) is 1.62. The number of amides is 3. The summed E-state index contributed by atoms with van der Waals surface area (Å²) in [7, 11) is 0. The van der Waals surface area contributed by atoms with Gasteiger partial charge in [-0.25, -0.2) is 0 Å². The molecule has 0 radical (unpaired) electrons. The van der Waals surface area contributed by atoms with Gasteiger partial charge in [-0.1, -0.05) is 12.1 Å². The van der Waals surface area contributed by atoms with Gasteiger partial charge in [0.15, 0.2) is 0 Å². The number of thioether (sulfide) groups is 1. The highest BCUT2D eigenvalue weighted by Crippen LogP contribution is 2.21. The maximum atomic E-state index is 12.2. The van der Waals surface area contributed by atoms with E-state index in [1.165, 1.54) is 0 Å². The molecule has 6 nitrogen and oxygen atoms in total. The molecule has 1 aromatic carbocycles. The van der Waals surface area contributed by atoms with Crippen LogP contribution < -0.4 is 5.32 Å². The number of furan rings is 1. The lowest BCUT2D eigenvalue weighted by Crippen LogP contribution is -2.40. The number of hydrogen-bond acceptors (Lipinski definition) is 5. The Bertz CT molecular complexity index is 723. The maximum Gasteiger partial charge on any atom is 0.262 e. The fraction of sp³-hybridized carbons (Fsp3) is 0.235. The van der Waals surface area contributed by atoms with E-state index in [-0.39, 0.29) is 12.5 Å². The van der Waals surface area contributed by atoms with Crippen molar-refractivity contribution in [2.45, 2.75) is 5.75 Å². The van der Waals surface area contributed by atoms with Gasteiger partial charge in [0.1, 0.15) is 12.3 Å². The summed E-state index contributed by atoms with van der Waals surface area (Å²) >= 11 is 1.63. The van der Waals surface area contributed by atoms with Crippen LogP contribution in [0.3, 0.4) is 0 Å². The highest BCUT2D eigenvalue weighted by Gasteiger charge is 2.36. The lowest BCUT2D eigenvalue weighted by Gasteiger charge is -2.13. The molecule has 0 fully saturated rings. The zero-order chi connectivity index (χ0) is 16.9. The van der Waals surface area contributed by atoms with Gasteiger partial charge in [-0.15, -0.1) is 0 Å². The molecule has 1 aliphatic heterocycles. The van der Waals surface area contributed by atoms with Gasteiger partial charge in [0.2, 0.25) is 5.91 Å². The third-order valence-corrected chi connectivity index (χ3v) is 4.55. The van der Waals surface area contributed by atoms with E-state index in [2.05, 4.69) is 5.32 Å². The van der Waals surface area contributed by atoms with E-state index in [1.54, 1.807) is 42.3 Å². The van der Waals surface area contributed by atoms with Crippen LogP contribution in [0, 0.1) is 0 Å². The predicted molar refractivity (Wildman–Crippen MR) is 89.7 cm³/mol. The van der Waals surface area contributed by atoms with Gasteiger partial charge in [0.05, 0.1) is 23.1 Å². The second-order valence-electron chi connectivity index (χ2n) is 5.22. The van der Waals surface area contributed by atoms with E-state index in [9.17, 15) is 14.4 Å². The van der Waals surface area contributed by atoms with Crippen molar-refractivity contribution in [3.63, 3.8) is 0 Å². The van der Waals surface area contributed by atoms with Gasteiger partial charge in [0.25, 0.3) is 11.8 Å². The first kappa shape index (κ1) is 16.3. The maximum absolute atomic E-state index is 12.2. The second kappa shape index (κ2) is 7.35. The monoisotopic (exact) mass is 344 g/mol. The first-order valence-electron chi connectivity index (χ1n) is 7.49. The molecule has 7 heteroatoms. The van der Waals surface area contributed by atoms with E-state index in [1.807, 2.05) is 12.1 Å². The minimum absolute atomic E-state index is 0.255. The lowest BCUT2D eigenvalue weighted by atomic mass is 10.1. The lowest BCUT2D eigenvalue weighted by molar-refractivity contribution is -0.121. The SMILES string of the molecule is O=C(CN1C(=O)c2ccccc2C1=O)NCCSCc1ccco1. The summed E-state index contributed by atoms with van der Waals surface area (Å²) in [5, 5.41) is 2.72. The molecule has 1 aliphatic rings. The topological polar surface area (TPSA) is 79.6 Å². The van der Waals surface area contributed by atoms with Crippen molar-refractivity contribution in [1.82, 2.24) is 10.2 Å². The van der Waals surface area contributed by atoms with Crippen LogP contribution in [0.4, 0.5) is 0 Å². The Balaban J connectivity index is 1.42. The minimum Gasteiger partial charge on any atom is -0.468 e. The summed E-state index contributed by atoms with van der Waals surface area (Å²) in [6, 6.07) is 10.3. The first-order valence-corrected chi connectivity index (χ1v) is 8.64.